The van der Waals surface area contributed by atoms with Crippen LogP contribution >= 0.6 is 12.9 Å². The summed E-state index contributed by atoms with van der Waals surface area (Å²) in [5.74, 6) is 0.0610. The van der Waals surface area contributed by atoms with E-state index in [1.165, 1.54) is 0 Å². The Balaban J connectivity index is 0.000000511. The molecule has 0 heterocycles. The van der Waals surface area contributed by atoms with Crippen molar-refractivity contribution in [3.63, 3.8) is 0 Å². The third-order valence-electron chi connectivity index (χ3n) is 1.77. The van der Waals surface area contributed by atoms with E-state index >= 15 is 0 Å². The first-order valence-electron chi connectivity index (χ1n) is 5.70. The largest absolute Gasteiger partial charge is 0.463 e. The van der Waals surface area contributed by atoms with Crippen LogP contribution in [0.5, 0.6) is 5.75 Å². The molecular formula is C13H18O6S. The molecule has 1 aromatic rings. The molecule has 6 nitrogen and oxygen atoms in total. The molecule has 20 heavy (non-hydrogen) atoms. The molecule has 0 aliphatic heterocycles. The number of ether oxygens (including phenoxy) is 2. The third kappa shape index (κ3) is 10.4. The van der Waals surface area contributed by atoms with Crippen molar-refractivity contribution in [2.45, 2.75) is 6.29 Å². The average Bonchev–Trinajstić information content (AvgIpc) is 2.48. The molecule has 112 valence electrons. The second-order valence-corrected chi connectivity index (χ2v) is 3.48. The Bertz CT molecular complexity index is 370. The lowest BCUT2D eigenvalue weighted by Crippen LogP contribution is -2.23. The average molecular weight is 302 g/mol. The molecule has 1 unspecified atom stereocenters. The molecule has 0 radical (unpaired) electrons. The first-order valence-corrected chi connectivity index (χ1v) is 6.06. The number of thiol groups is 1. The molecule has 2 N–H and O–H groups in total. The zero-order chi connectivity index (χ0) is 15.2. The molecule has 0 amide bonds. The van der Waals surface area contributed by atoms with E-state index in [0.717, 1.165) is 6.08 Å². The van der Waals surface area contributed by atoms with E-state index in [-0.39, 0.29) is 19.8 Å². The molecular weight excluding hydrogens is 284 g/mol. The van der Waals surface area contributed by atoms with E-state index in [9.17, 15) is 9.90 Å². The van der Waals surface area contributed by atoms with Crippen molar-refractivity contribution in [3.8, 4) is 5.75 Å². The SMILES string of the molecule is C=CC(=O)OS.OCCOCC(O)Oc1ccccc1. The summed E-state index contributed by atoms with van der Waals surface area (Å²) in [7, 11) is 0. The minimum atomic E-state index is -0.996. The summed E-state index contributed by atoms with van der Waals surface area (Å²) in [6, 6.07) is 8.99. The van der Waals surface area contributed by atoms with Gasteiger partial charge in [-0.3, -0.25) is 0 Å². The highest BCUT2D eigenvalue weighted by atomic mass is 32.1. The van der Waals surface area contributed by atoms with Crippen molar-refractivity contribution in [3.05, 3.63) is 43.0 Å². The third-order valence-corrected chi connectivity index (χ3v) is 1.95. The van der Waals surface area contributed by atoms with Gasteiger partial charge in [-0.2, -0.15) is 0 Å². The summed E-state index contributed by atoms with van der Waals surface area (Å²) in [4.78, 5) is 9.76. The van der Waals surface area contributed by atoms with E-state index < -0.39 is 12.3 Å². The number of aliphatic hydroxyl groups is 2. The van der Waals surface area contributed by atoms with E-state index in [1.807, 2.05) is 18.2 Å². The van der Waals surface area contributed by atoms with Gasteiger partial charge in [-0.15, -0.1) is 0 Å². The Morgan fingerprint density at radius 3 is 2.50 bits per heavy atom. The van der Waals surface area contributed by atoms with Crippen LogP contribution < -0.4 is 4.74 Å². The van der Waals surface area contributed by atoms with Crippen LogP contribution in [0.3, 0.4) is 0 Å². The van der Waals surface area contributed by atoms with Crippen LogP contribution in [0.1, 0.15) is 0 Å². The zero-order valence-electron chi connectivity index (χ0n) is 10.8. The molecule has 0 saturated carbocycles. The molecule has 0 spiro atoms. The van der Waals surface area contributed by atoms with Gasteiger partial charge in [0.25, 0.3) is 0 Å². The standard InChI is InChI=1S/C10H14O4.C3H4O2S/c11-6-7-13-8-10(12)14-9-4-2-1-3-5-9;1-2-3(4)5-6/h1-5,10-12H,6-8H2;2,6H,1H2. The predicted octanol–water partition coefficient (Wildman–Crippen LogP) is 0.953. The van der Waals surface area contributed by atoms with Gasteiger partial charge in [0.2, 0.25) is 6.29 Å². The second-order valence-electron chi connectivity index (χ2n) is 3.30. The van der Waals surface area contributed by atoms with Crippen LogP contribution in [-0.2, 0) is 13.7 Å². The van der Waals surface area contributed by atoms with Gasteiger partial charge in [-0.1, -0.05) is 24.8 Å². The van der Waals surface area contributed by atoms with Crippen LogP contribution in [-0.4, -0.2) is 42.3 Å². The Hall–Kier alpha value is -1.54. The van der Waals surface area contributed by atoms with E-state index in [1.54, 1.807) is 12.1 Å². The van der Waals surface area contributed by atoms with Crippen molar-refractivity contribution in [2.75, 3.05) is 19.8 Å². The van der Waals surface area contributed by atoms with Crippen molar-refractivity contribution >= 4 is 18.9 Å². The van der Waals surface area contributed by atoms with Crippen LogP contribution in [0.25, 0.3) is 0 Å². The monoisotopic (exact) mass is 302 g/mol. The molecule has 1 rings (SSSR count). The number of carbonyl (C=O) groups is 1. The van der Waals surface area contributed by atoms with Gasteiger partial charge < -0.3 is 23.9 Å². The van der Waals surface area contributed by atoms with Crippen LogP contribution in [0, 0.1) is 0 Å². The molecule has 0 aliphatic rings. The highest BCUT2D eigenvalue weighted by Crippen LogP contribution is 2.09. The van der Waals surface area contributed by atoms with Gasteiger partial charge in [0, 0.05) is 19.0 Å². The van der Waals surface area contributed by atoms with Crippen molar-refractivity contribution in [1.29, 1.82) is 0 Å². The smallest absolute Gasteiger partial charge is 0.341 e. The molecule has 0 saturated heterocycles. The Kier molecular flexibility index (Phi) is 11.5. The van der Waals surface area contributed by atoms with Crippen LogP contribution in [0.2, 0.25) is 0 Å². The summed E-state index contributed by atoms with van der Waals surface area (Å²) < 4.78 is 13.8. The number of hydrogen-bond donors (Lipinski definition) is 3. The van der Waals surface area contributed by atoms with Crippen molar-refractivity contribution in [1.82, 2.24) is 0 Å². The number of hydrogen-bond acceptors (Lipinski definition) is 7. The predicted molar refractivity (Wildman–Crippen MR) is 76.3 cm³/mol. The Morgan fingerprint density at radius 1 is 1.40 bits per heavy atom. The summed E-state index contributed by atoms with van der Waals surface area (Å²) in [5.41, 5.74) is 0. The summed E-state index contributed by atoms with van der Waals surface area (Å²) in [5, 5.41) is 17.7. The lowest BCUT2D eigenvalue weighted by molar-refractivity contribution is -0.127. The first kappa shape index (κ1) is 18.5. The van der Waals surface area contributed by atoms with Gasteiger partial charge in [-0.05, 0) is 12.1 Å². The highest BCUT2D eigenvalue weighted by molar-refractivity contribution is 7.75. The number of rotatable bonds is 7. The normalized spacial score (nSPS) is 10.8. The molecule has 0 bridgehead atoms. The summed E-state index contributed by atoms with van der Waals surface area (Å²) in [6.45, 7) is 3.31. The number of aliphatic hydroxyl groups excluding tert-OH is 2. The van der Waals surface area contributed by atoms with Gasteiger partial charge in [0.1, 0.15) is 12.4 Å². The van der Waals surface area contributed by atoms with Gasteiger partial charge in [0.05, 0.1) is 13.2 Å². The van der Waals surface area contributed by atoms with Gasteiger partial charge in [0.15, 0.2) is 0 Å². The molecule has 1 aromatic carbocycles. The summed E-state index contributed by atoms with van der Waals surface area (Å²) in [6.07, 6.45) is 0.0384. The van der Waals surface area contributed by atoms with Crippen LogP contribution in [0.15, 0.2) is 43.0 Å². The second kappa shape index (κ2) is 12.5. The number of carbonyl (C=O) groups excluding carboxylic acids is 1. The number of para-hydroxylation sites is 1. The fourth-order valence-electron chi connectivity index (χ4n) is 0.976. The van der Waals surface area contributed by atoms with E-state index in [4.69, 9.17) is 14.6 Å². The Labute approximate surface area is 123 Å². The number of benzene rings is 1. The lowest BCUT2D eigenvalue weighted by atomic mass is 10.3. The molecule has 0 aliphatic carbocycles. The van der Waals surface area contributed by atoms with E-state index in [2.05, 4.69) is 23.7 Å². The molecule has 0 aromatic heterocycles. The maximum Gasteiger partial charge on any atom is 0.341 e. The summed E-state index contributed by atoms with van der Waals surface area (Å²) >= 11 is 3.17. The fourth-order valence-corrected chi connectivity index (χ4v) is 1.05. The molecule has 0 fully saturated rings. The zero-order valence-corrected chi connectivity index (χ0v) is 11.7. The maximum atomic E-state index is 9.76. The van der Waals surface area contributed by atoms with Gasteiger partial charge in [-0.25, -0.2) is 4.79 Å². The van der Waals surface area contributed by atoms with Crippen molar-refractivity contribution in [2.24, 2.45) is 0 Å². The maximum absolute atomic E-state index is 9.76. The first-order chi connectivity index (χ1) is 9.63. The Morgan fingerprint density at radius 2 is 2.05 bits per heavy atom. The lowest BCUT2D eigenvalue weighted by Gasteiger charge is -2.12. The quantitative estimate of drug-likeness (QED) is 0.229. The molecule has 7 heteroatoms. The van der Waals surface area contributed by atoms with Crippen LogP contribution in [0.4, 0.5) is 0 Å². The van der Waals surface area contributed by atoms with E-state index in [0.29, 0.717) is 5.75 Å². The minimum absolute atomic E-state index is 0.0510. The topological polar surface area (TPSA) is 85.2 Å². The molecule has 1 atom stereocenters. The minimum Gasteiger partial charge on any atom is -0.463 e. The van der Waals surface area contributed by atoms with Crippen molar-refractivity contribution < 1.29 is 28.7 Å². The highest BCUT2D eigenvalue weighted by Gasteiger charge is 2.04. The fraction of sp³-hybridized carbons (Fsp3) is 0.308. The van der Waals surface area contributed by atoms with Gasteiger partial charge >= 0.3 is 5.97 Å².